The van der Waals surface area contributed by atoms with Gasteiger partial charge in [-0.15, -0.1) is 10.2 Å². The third kappa shape index (κ3) is 5.81. The van der Waals surface area contributed by atoms with E-state index in [1.54, 1.807) is 42.5 Å². The first-order valence-corrected chi connectivity index (χ1v) is 13.0. The van der Waals surface area contributed by atoms with Gasteiger partial charge in [0.05, 0.1) is 23.0 Å². The molecule has 11 heteroatoms. The highest BCUT2D eigenvalue weighted by atomic mass is 19.2. The second-order valence-corrected chi connectivity index (χ2v) is 10.1. The van der Waals surface area contributed by atoms with Crippen molar-refractivity contribution in [3.63, 3.8) is 0 Å². The number of halogens is 4. The fourth-order valence-electron chi connectivity index (χ4n) is 4.98. The van der Waals surface area contributed by atoms with Gasteiger partial charge in [0, 0.05) is 11.3 Å². The second kappa shape index (κ2) is 11.8. The smallest absolute Gasteiger partial charge is 0.270 e. The summed E-state index contributed by atoms with van der Waals surface area (Å²) in [5, 5.41) is 11.2. The van der Waals surface area contributed by atoms with E-state index in [-0.39, 0.29) is 40.0 Å². The first-order valence-electron chi connectivity index (χ1n) is 13.0. The lowest BCUT2D eigenvalue weighted by Crippen LogP contribution is -2.57. The zero-order valence-corrected chi connectivity index (χ0v) is 22.3. The molecule has 0 saturated heterocycles. The molecule has 5 rings (SSSR count). The Morgan fingerprint density at radius 2 is 1.28 bits per heavy atom. The van der Waals surface area contributed by atoms with E-state index in [4.69, 9.17) is 5.26 Å². The predicted octanol–water partition coefficient (Wildman–Crippen LogP) is 6.79. The van der Waals surface area contributed by atoms with Crippen molar-refractivity contribution in [3.05, 3.63) is 125 Å². The number of nitriles is 1. The Hall–Kier alpha value is -5.50. The molecule has 0 aromatic heterocycles. The summed E-state index contributed by atoms with van der Waals surface area (Å²) in [6.45, 7) is 0. The number of nitrogens with one attached hydrogen (secondary N) is 1. The fourth-order valence-corrected chi connectivity index (χ4v) is 4.98. The fraction of sp³-hybridized carbons (Fsp3) is 0.125. The van der Waals surface area contributed by atoms with Crippen LogP contribution in [0.4, 0.5) is 34.8 Å². The van der Waals surface area contributed by atoms with Gasteiger partial charge in [0.25, 0.3) is 17.7 Å². The number of nitrogens with zero attached hydrogens (tertiary/aromatic N) is 3. The molecule has 0 atom stereocenters. The van der Waals surface area contributed by atoms with Crippen LogP contribution in [0, 0.1) is 28.4 Å². The van der Waals surface area contributed by atoms with Crippen molar-refractivity contribution in [2.45, 2.75) is 18.8 Å². The molecule has 3 amide bonds. The Labute approximate surface area is 243 Å². The molecular weight excluding hydrogens is 564 g/mol. The zero-order chi connectivity index (χ0) is 30.7. The van der Waals surface area contributed by atoms with E-state index in [1.807, 2.05) is 6.07 Å². The number of hydrogen-bond donors (Lipinski definition) is 1. The molecular formula is C32H22F4N4O3. The third-order valence-electron chi connectivity index (χ3n) is 7.37. The van der Waals surface area contributed by atoms with Gasteiger partial charge in [-0.05, 0) is 103 Å². The van der Waals surface area contributed by atoms with Gasteiger partial charge in [-0.1, -0.05) is 27.2 Å². The molecule has 0 aliphatic heterocycles. The summed E-state index contributed by atoms with van der Waals surface area (Å²) < 4.78 is 57.4. The van der Waals surface area contributed by atoms with Crippen LogP contribution in [0.1, 0.15) is 40.2 Å². The molecule has 4 aromatic carbocycles. The number of carbonyl (C=O) groups excluding carboxylic acids is 3. The van der Waals surface area contributed by atoms with Crippen molar-refractivity contribution in [2.75, 3.05) is 15.6 Å². The molecule has 7 nitrogen and oxygen atoms in total. The molecule has 1 aliphatic carbocycles. The molecule has 0 radical (unpaired) electrons. The van der Waals surface area contributed by atoms with Gasteiger partial charge in [-0.3, -0.25) is 14.4 Å². The number of hydrogen-bond acceptors (Lipinski definition) is 4. The number of benzene rings is 4. The maximum absolute atomic E-state index is 15.3. The van der Waals surface area contributed by atoms with E-state index >= 15 is 8.96 Å². The van der Waals surface area contributed by atoms with Crippen molar-refractivity contribution in [1.29, 1.82) is 5.26 Å². The lowest BCUT2D eigenvalue weighted by Gasteiger charge is -2.46. The monoisotopic (exact) mass is 586 g/mol. The lowest BCUT2D eigenvalue weighted by molar-refractivity contribution is -0.151. The summed E-state index contributed by atoms with van der Waals surface area (Å²) in [5.74, 6) is -4.87. The van der Waals surface area contributed by atoms with Crippen LogP contribution in [0.2, 0.25) is 0 Å². The normalized spacial score (nSPS) is 13.7. The highest BCUT2D eigenvalue weighted by Gasteiger charge is 2.60. The van der Waals surface area contributed by atoms with Crippen LogP contribution in [-0.4, -0.2) is 17.7 Å². The average molecular weight is 587 g/mol. The van der Waals surface area contributed by atoms with Gasteiger partial charge in [0.2, 0.25) is 0 Å². The molecule has 216 valence electrons. The van der Waals surface area contributed by atoms with E-state index in [9.17, 15) is 23.2 Å². The first kappa shape index (κ1) is 29.0. The highest BCUT2D eigenvalue weighted by Crippen LogP contribution is 2.54. The molecule has 0 bridgehead atoms. The first-order chi connectivity index (χ1) is 20.6. The molecule has 1 N–H and O–H groups in total. The van der Waals surface area contributed by atoms with Crippen LogP contribution >= 0.6 is 0 Å². The SMILES string of the molecule is N#Cc1cccc(C(=O)Nc2ccc(C3CC(C(=O)N(F)c4ccc(F)cc4)(C(=O)N(F)c4ccc(F)cc4)C3)cc2)c1. The topological polar surface area (TPSA) is 93.5 Å². The summed E-state index contributed by atoms with van der Waals surface area (Å²) in [4.78, 5) is 39.4. The maximum Gasteiger partial charge on any atom is 0.270 e. The minimum Gasteiger partial charge on any atom is -0.322 e. The highest BCUT2D eigenvalue weighted by molar-refractivity contribution is 6.16. The van der Waals surface area contributed by atoms with Gasteiger partial charge >= 0.3 is 0 Å². The minimum atomic E-state index is -2.14. The lowest BCUT2D eigenvalue weighted by atomic mass is 9.58. The van der Waals surface area contributed by atoms with Crippen molar-refractivity contribution in [1.82, 2.24) is 0 Å². The van der Waals surface area contributed by atoms with Crippen molar-refractivity contribution in [2.24, 2.45) is 5.41 Å². The number of anilines is 3. The van der Waals surface area contributed by atoms with E-state index in [0.717, 1.165) is 48.5 Å². The number of amides is 3. The molecule has 4 aromatic rings. The van der Waals surface area contributed by atoms with E-state index in [1.165, 1.54) is 6.07 Å². The van der Waals surface area contributed by atoms with Gasteiger partial charge < -0.3 is 5.32 Å². The van der Waals surface area contributed by atoms with Crippen LogP contribution in [0.25, 0.3) is 0 Å². The summed E-state index contributed by atoms with van der Waals surface area (Å²) in [6.07, 6.45) is -0.499. The Bertz CT molecular complexity index is 1650. The van der Waals surface area contributed by atoms with Crippen LogP contribution < -0.4 is 15.6 Å². The zero-order valence-electron chi connectivity index (χ0n) is 22.3. The van der Waals surface area contributed by atoms with Crippen molar-refractivity contribution in [3.8, 4) is 6.07 Å². The predicted molar refractivity (Wildman–Crippen MR) is 150 cm³/mol. The Kier molecular flexibility index (Phi) is 7.94. The van der Waals surface area contributed by atoms with Crippen LogP contribution in [0.3, 0.4) is 0 Å². The van der Waals surface area contributed by atoms with E-state index in [0.29, 0.717) is 16.8 Å². The van der Waals surface area contributed by atoms with Gasteiger partial charge in [-0.2, -0.15) is 5.26 Å². The van der Waals surface area contributed by atoms with Gasteiger partial charge in [-0.25, -0.2) is 8.78 Å². The molecule has 1 aliphatic rings. The minimum absolute atomic E-state index is 0.249. The quantitative estimate of drug-likeness (QED) is 0.147. The average Bonchev–Trinajstić information content (AvgIpc) is 3.01. The van der Waals surface area contributed by atoms with Crippen LogP contribution in [0.5, 0.6) is 0 Å². The summed E-state index contributed by atoms with van der Waals surface area (Å²) in [6, 6.07) is 22.5. The van der Waals surface area contributed by atoms with Gasteiger partial charge in [0.15, 0.2) is 0 Å². The van der Waals surface area contributed by atoms with E-state index < -0.39 is 40.7 Å². The number of rotatable bonds is 7. The Morgan fingerprint density at radius 1 is 0.767 bits per heavy atom. The summed E-state index contributed by atoms with van der Waals surface area (Å²) in [7, 11) is 0. The van der Waals surface area contributed by atoms with Crippen LogP contribution in [0.15, 0.2) is 97.1 Å². The Balaban J connectivity index is 1.36. The van der Waals surface area contributed by atoms with Crippen LogP contribution in [-0.2, 0) is 9.59 Å². The third-order valence-corrected chi connectivity index (χ3v) is 7.37. The van der Waals surface area contributed by atoms with Crippen molar-refractivity contribution < 1.29 is 32.1 Å². The molecule has 0 spiro atoms. The molecule has 43 heavy (non-hydrogen) atoms. The molecule has 0 unspecified atom stereocenters. The maximum atomic E-state index is 15.3. The molecule has 1 saturated carbocycles. The summed E-state index contributed by atoms with van der Waals surface area (Å²) >= 11 is 0. The largest absolute Gasteiger partial charge is 0.322 e. The standard InChI is InChI=1S/C32H22F4N4O3/c33-24-6-12-27(13-7-24)39(35)30(42)32(31(43)40(36)28-14-8-25(34)9-15-28)17-23(18-32)21-4-10-26(11-5-21)38-29(41)22-3-1-2-20(16-22)19-37/h1-16,23H,17-18H2,(H,38,41). The van der Waals surface area contributed by atoms with E-state index in [2.05, 4.69) is 5.32 Å². The second-order valence-electron chi connectivity index (χ2n) is 10.1. The summed E-state index contributed by atoms with van der Waals surface area (Å²) in [5.41, 5.74) is -1.11. The molecule has 0 heterocycles. The van der Waals surface area contributed by atoms with Crippen molar-refractivity contribution >= 4 is 34.8 Å². The Morgan fingerprint density at radius 3 is 1.77 bits per heavy atom. The number of carbonyl (C=O) groups is 3. The van der Waals surface area contributed by atoms with Gasteiger partial charge in [0.1, 0.15) is 17.0 Å². The molecule has 1 fully saturated rings.